The van der Waals surface area contributed by atoms with Crippen LogP contribution in [-0.4, -0.2) is 94.2 Å². The first-order valence-corrected chi connectivity index (χ1v) is 12.3. The average molecular weight is 483 g/mol. The van der Waals surface area contributed by atoms with Crippen molar-refractivity contribution in [1.82, 2.24) is 25.2 Å². The van der Waals surface area contributed by atoms with Gasteiger partial charge in [-0.25, -0.2) is 24.1 Å². The standard InChI is InChI=1S/C25H35N7O3/c1-4-27-25(35)31-24-18(2)32(14-6-5-12-26,22(34)16-30(24)21(33)15-29(31)3)17-20-10-7-9-19-11-8-13-28-23(19)20/h7-11,13,18,24H,4-6,12,14-17,26H2,1-3H3/p+1/t18-,24-,32?/m0/s1. The number of quaternary nitrogens is 1. The largest absolute Gasteiger partial charge is 0.337 e. The average Bonchev–Trinajstić information content (AvgIpc) is 2.84. The molecule has 10 nitrogen and oxygen atoms in total. The van der Waals surface area contributed by atoms with Crippen LogP contribution in [0.5, 0.6) is 0 Å². The monoisotopic (exact) mass is 482 g/mol. The number of hydrogen-bond acceptors (Lipinski definition) is 6. The van der Waals surface area contributed by atoms with Crippen LogP contribution < -0.4 is 11.1 Å². The van der Waals surface area contributed by atoms with Crippen LogP contribution in [0.2, 0.25) is 0 Å². The van der Waals surface area contributed by atoms with Gasteiger partial charge in [-0.15, -0.1) is 0 Å². The Bertz CT molecular complexity index is 1100. The van der Waals surface area contributed by atoms with Crippen molar-refractivity contribution in [1.29, 1.82) is 0 Å². The van der Waals surface area contributed by atoms with Crippen LogP contribution in [0.4, 0.5) is 4.79 Å². The zero-order valence-corrected chi connectivity index (χ0v) is 20.8. The molecule has 2 aliphatic rings. The summed E-state index contributed by atoms with van der Waals surface area (Å²) in [6.07, 6.45) is 2.74. The Morgan fingerprint density at radius 2 is 1.97 bits per heavy atom. The number of carbonyl (C=O) groups is 3. The van der Waals surface area contributed by atoms with Crippen LogP contribution in [-0.2, 0) is 16.1 Å². The van der Waals surface area contributed by atoms with Gasteiger partial charge in [0.25, 0.3) is 0 Å². The molecule has 188 valence electrons. The van der Waals surface area contributed by atoms with Crippen molar-refractivity contribution in [3.63, 3.8) is 0 Å². The molecule has 0 saturated carbocycles. The third-order valence-electron chi connectivity index (χ3n) is 7.35. The van der Waals surface area contributed by atoms with E-state index in [2.05, 4.69) is 10.3 Å². The predicted molar refractivity (Wildman–Crippen MR) is 132 cm³/mol. The Balaban J connectivity index is 1.80. The number of piperazine rings is 1. The lowest BCUT2D eigenvalue weighted by Crippen LogP contribution is -2.80. The lowest BCUT2D eigenvalue weighted by Gasteiger charge is -2.57. The van der Waals surface area contributed by atoms with Crippen molar-refractivity contribution in [3.05, 3.63) is 42.1 Å². The minimum Gasteiger partial charge on any atom is -0.337 e. The summed E-state index contributed by atoms with van der Waals surface area (Å²) in [5, 5.41) is 7.15. The number of unbranched alkanes of at least 4 members (excludes halogenated alkanes) is 1. The van der Waals surface area contributed by atoms with E-state index in [1.807, 2.05) is 44.2 Å². The number of hydrogen-bond donors (Lipinski definition) is 2. The minimum absolute atomic E-state index is 0.0209. The van der Waals surface area contributed by atoms with Crippen LogP contribution in [0.3, 0.4) is 0 Å². The lowest BCUT2D eigenvalue weighted by molar-refractivity contribution is -0.899. The number of nitrogens with one attached hydrogen (secondary N) is 1. The number of carbonyl (C=O) groups excluding carboxylic acids is 3. The van der Waals surface area contributed by atoms with Crippen LogP contribution >= 0.6 is 0 Å². The van der Waals surface area contributed by atoms with Crippen molar-refractivity contribution in [2.45, 2.75) is 45.4 Å². The number of pyridine rings is 1. The summed E-state index contributed by atoms with van der Waals surface area (Å²) in [5.41, 5.74) is 7.64. The normalized spacial score (nSPS) is 25.1. The molecule has 2 aliphatic heterocycles. The Morgan fingerprint density at radius 1 is 1.20 bits per heavy atom. The molecule has 0 aliphatic carbocycles. The molecule has 2 fully saturated rings. The Kier molecular flexibility index (Phi) is 7.34. The Hall–Kier alpha value is -3.08. The third kappa shape index (κ3) is 4.49. The van der Waals surface area contributed by atoms with Gasteiger partial charge in [-0.3, -0.25) is 9.78 Å². The molecule has 2 aromatic rings. The first-order valence-electron chi connectivity index (χ1n) is 12.3. The van der Waals surface area contributed by atoms with Crippen molar-refractivity contribution in [3.8, 4) is 0 Å². The van der Waals surface area contributed by atoms with Crippen LogP contribution in [0.25, 0.3) is 10.9 Å². The number of benzene rings is 1. The molecule has 3 heterocycles. The summed E-state index contributed by atoms with van der Waals surface area (Å²) in [4.78, 5) is 46.2. The second-order valence-electron chi connectivity index (χ2n) is 9.47. The molecule has 3 N–H and O–H groups in total. The number of amides is 4. The number of rotatable bonds is 7. The summed E-state index contributed by atoms with van der Waals surface area (Å²) >= 11 is 0. The molecule has 10 heteroatoms. The van der Waals surface area contributed by atoms with E-state index < -0.39 is 6.17 Å². The number of urea groups is 1. The predicted octanol–water partition coefficient (Wildman–Crippen LogP) is 1.27. The van der Waals surface area contributed by atoms with E-state index in [-0.39, 0.29) is 41.5 Å². The van der Waals surface area contributed by atoms with Crippen LogP contribution in [0.1, 0.15) is 32.3 Å². The van der Waals surface area contributed by atoms with E-state index >= 15 is 0 Å². The number of fused-ring (bicyclic) bond motifs is 2. The summed E-state index contributed by atoms with van der Waals surface area (Å²) in [7, 11) is 1.74. The maximum Gasteiger partial charge on any atom is 0.334 e. The minimum atomic E-state index is -0.577. The van der Waals surface area contributed by atoms with Crippen molar-refractivity contribution in [2.75, 3.05) is 39.8 Å². The molecule has 2 saturated heterocycles. The SMILES string of the molecule is CCNC(=O)N1[C@H]2[C@H](C)[N+](CCCCN)(Cc3cccc4cccnc34)C(=O)CN2C(=O)CN1C. The van der Waals surface area contributed by atoms with Gasteiger partial charge >= 0.3 is 11.9 Å². The fourth-order valence-electron chi connectivity index (χ4n) is 5.54. The fraction of sp³-hybridized carbons (Fsp3) is 0.520. The topological polar surface area (TPSA) is 112 Å². The molecular formula is C25H36N7O3+. The molecule has 1 aromatic heterocycles. The second kappa shape index (κ2) is 10.3. The number of nitrogens with zero attached hydrogens (tertiary/aromatic N) is 5. The third-order valence-corrected chi connectivity index (χ3v) is 7.35. The number of aromatic nitrogens is 1. The highest BCUT2D eigenvalue weighted by Gasteiger charge is 2.58. The summed E-state index contributed by atoms with van der Waals surface area (Å²) in [5.74, 6) is -0.169. The van der Waals surface area contributed by atoms with E-state index in [1.165, 1.54) is 0 Å². The first-order chi connectivity index (χ1) is 16.8. The van der Waals surface area contributed by atoms with Gasteiger partial charge in [0.15, 0.2) is 6.17 Å². The Labute approximate surface area is 206 Å². The zero-order chi connectivity index (χ0) is 25.2. The highest BCUT2D eigenvalue weighted by molar-refractivity contribution is 5.87. The first kappa shape index (κ1) is 25.0. The van der Waals surface area contributed by atoms with Gasteiger partial charge in [-0.1, -0.05) is 24.3 Å². The molecule has 1 aromatic carbocycles. The van der Waals surface area contributed by atoms with Gasteiger partial charge in [0.2, 0.25) is 5.91 Å². The van der Waals surface area contributed by atoms with Gasteiger partial charge < -0.3 is 16.0 Å². The zero-order valence-electron chi connectivity index (χ0n) is 20.8. The number of nitrogens with two attached hydrogens (primary N) is 1. The molecule has 0 spiro atoms. The van der Waals surface area contributed by atoms with E-state index in [1.54, 1.807) is 28.2 Å². The van der Waals surface area contributed by atoms with Gasteiger partial charge in [0, 0.05) is 30.7 Å². The van der Waals surface area contributed by atoms with Gasteiger partial charge in [-0.2, -0.15) is 0 Å². The fourth-order valence-corrected chi connectivity index (χ4v) is 5.54. The molecule has 35 heavy (non-hydrogen) atoms. The van der Waals surface area contributed by atoms with Gasteiger partial charge in [-0.05, 0) is 39.3 Å². The molecule has 0 bridgehead atoms. The van der Waals surface area contributed by atoms with E-state index in [0.29, 0.717) is 26.2 Å². The molecule has 4 amide bonds. The van der Waals surface area contributed by atoms with Crippen LogP contribution in [0.15, 0.2) is 36.5 Å². The van der Waals surface area contributed by atoms with Crippen molar-refractivity contribution in [2.24, 2.45) is 5.73 Å². The molecular weight excluding hydrogens is 446 g/mol. The second-order valence-corrected chi connectivity index (χ2v) is 9.47. The summed E-state index contributed by atoms with van der Waals surface area (Å²) < 4.78 is 0.133. The quantitative estimate of drug-likeness (QED) is 0.454. The summed E-state index contributed by atoms with van der Waals surface area (Å²) in [6.45, 7) is 5.88. The molecule has 1 unspecified atom stereocenters. The Morgan fingerprint density at radius 3 is 2.71 bits per heavy atom. The highest BCUT2D eigenvalue weighted by atomic mass is 16.2. The molecule has 3 atom stereocenters. The maximum atomic E-state index is 13.9. The van der Waals surface area contributed by atoms with Gasteiger partial charge in [0.05, 0.1) is 18.6 Å². The highest BCUT2D eigenvalue weighted by Crippen LogP contribution is 2.35. The van der Waals surface area contributed by atoms with Crippen molar-refractivity contribution >= 4 is 28.7 Å². The van der Waals surface area contributed by atoms with E-state index in [0.717, 1.165) is 29.3 Å². The maximum absolute atomic E-state index is 13.9. The lowest BCUT2D eigenvalue weighted by atomic mass is 9.98. The molecule has 0 radical (unpaired) electrons. The number of para-hydroxylation sites is 1. The van der Waals surface area contributed by atoms with E-state index in [9.17, 15) is 14.4 Å². The van der Waals surface area contributed by atoms with Crippen molar-refractivity contribution < 1.29 is 18.9 Å². The van der Waals surface area contributed by atoms with Crippen LogP contribution in [0, 0.1) is 0 Å². The summed E-state index contributed by atoms with van der Waals surface area (Å²) in [6, 6.07) is 9.30. The smallest absolute Gasteiger partial charge is 0.334 e. The molecule has 4 rings (SSSR count). The van der Waals surface area contributed by atoms with Gasteiger partial charge in [0.1, 0.15) is 19.1 Å². The number of likely N-dealkylation sites (N-methyl/N-ethyl adjacent to an activating group) is 1. The van der Waals surface area contributed by atoms with E-state index in [4.69, 9.17) is 5.73 Å². The number of hydrazine groups is 1.